The lowest BCUT2D eigenvalue weighted by Gasteiger charge is -2.11. The number of carboxylic acid groups (broad SMARTS) is 1. The zero-order valence-corrected chi connectivity index (χ0v) is 25.4. The average molecular weight is 637 g/mol. The van der Waals surface area contributed by atoms with Gasteiger partial charge in [-0.25, -0.2) is 14.4 Å². The summed E-state index contributed by atoms with van der Waals surface area (Å²) in [6, 6.07) is 46.1. The largest absolute Gasteiger partial charge is 0.478 e. The number of aromatic carboxylic acids is 1. The van der Waals surface area contributed by atoms with Crippen LogP contribution in [0.15, 0.2) is 164 Å². The molecule has 8 nitrogen and oxygen atoms in total. The summed E-state index contributed by atoms with van der Waals surface area (Å²) >= 11 is 0. The lowest BCUT2D eigenvalue weighted by molar-refractivity contribution is 0.0395. The summed E-state index contributed by atoms with van der Waals surface area (Å²) in [5.74, 6) is -0.984. The smallest absolute Gasteiger partial charge is 0.349 e. The third-order valence-electron chi connectivity index (χ3n) is 6.75. The van der Waals surface area contributed by atoms with Gasteiger partial charge in [-0.2, -0.15) is 0 Å². The predicted octanol–water partition coefficient (Wildman–Crippen LogP) is 8.88. The molecule has 0 radical (unpaired) electrons. The molecule has 0 heterocycles. The van der Waals surface area contributed by atoms with Gasteiger partial charge in [-0.3, -0.25) is 4.79 Å². The van der Waals surface area contributed by atoms with E-state index >= 15 is 0 Å². The Balaban J connectivity index is 0.000000224. The second kappa shape index (κ2) is 16.0. The maximum Gasteiger partial charge on any atom is 0.349 e. The first-order valence-electron chi connectivity index (χ1n) is 14.7. The van der Waals surface area contributed by atoms with E-state index in [1.54, 1.807) is 109 Å². The topological polar surface area (TPSA) is 116 Å². The molecule has 6 rings (SSSR count). The number of esters is 2. The van der Waals surface area contributed by atoms with Gasteiger partial charge in [-0.05, 0) is 60.7 Å². The number of para-hydroxylation sites is 3. The van der Waals surface area contributed by atoms with Crippen LogP contribution in [0.5, 0.6) is 23.0 Å². The van der Waals surface area contributed by atoms with Gasteiger partial charge in [0.05, 0.1) is 11.1 Å². The van der Waals surface area contributed by atoms with Crippen molar-refractivity contribution in [1.29, 1.82) is 0 Å². The molecule has 0 saturated heterocycles. The van der Waals surface area contributed by atoms with Crippen LogP contribution in [0.2, 0.25) is 0 Å². The monoisotopic (exact) mass is 636 g/mol. The van der Waals surface area contributed by atoms with Crippen molar-refractivity contribution in [3.63, 3.8) is 0 Å². The highest BCUT2D eigenvalue weighted by Gasteiger charge is 2.20. The summed E-state index contributed by atoms with van der Waals surface area (Å²) in [6.07, 6.45) is 0. The van der Waals surface area contributed by atoms with Crippen LogP contribution in [0.4, 0.5) is 0 Å². The number of benzene rings is 6. The van der Waals surface area contributed by atoms with E-state index in [4.69, 9.17) is 19.3 Å². The Kier molecular flexibility index (Phi) is 10.8. The molecular formula is C40H28O8. The van der Waals surface area contributed by atoms with Gasteiger partial charge < -0.3 is 19.3 Å². The molecule has 0 aliphatic carbocycles. The highest BCUT2D eigenvalue weighted by molar-refractivity contribution is 6.14. The number of carboxylic acids is 1. The second-order valence-electron chi connectivity index (χ2n) is 10.1. The summed E-state index contributed by atoms with van der Waals surface area (Å²) in [5.41, 5.74) is 1.08. The highest BCUT2D eigenvalue weighted by Crippen LogP contribution is 2.27. The Labute approximate surface area is 276 Å². The van der Waals surface area contributed by atoms with E-state index in [1.165, 1.54) is 18.2 Å². The Hall–Kier alpha value is -6.80. The van der Waals surface area contributed by atoms with Crippen LogP contribution in [-0.4, -0.2) is 28.8 Å². The van der Waals surface area contributed by atoms with Crippen LogP contribution in [0.25, 0.3) is 0 Å². The molecule has 48 heavy (non-hydrogen) atoms. The van der Waals surface area contributed by atoms with Crippen LogP contribution in [0, 0.1) is 0 Å². The van der Waals surface area contributed by atoms with Gasteiger partial charge in [-0.1, -0.05) is 103 Å². The van der Waals surface area contributed by atoms with Crippen molar-refractivity contribution >= 4 is 23.7 Å². The third-order valence-corrected chi connectivity index (χ3v) is 6.75. The van der Waals surface area contributed by atoms with Crippen LogP contribution in [0.1, 0.15) is 47.0 Å². The van der Waals surface area contributed by atoms with E-state index in [-0.39, 0.29) is 28.0 Å². The van der Waals surface area contributed by atoms with Crippen molar-refractivity contribution in [1.82, 2.24) is 0 Å². The number of carbonyl (C=O) groups excluding carboxylic acids is 3. The van der Waals surface area contributed by atoms with E-state index < -0.39 is 17.9 Å². The fourth-order valence-electron chi connectivity index (χ4n) is 4.46. The van der Waals surface area contributed by atoms with Gasteiger partial charge in [-0.15, -0.1) is 0 Å². The third kappa shape index (κ3) is 8.68. The first kappa shape index (κ1) is 32.6. The summed E-state index contributed by atoms with van der Waals surface area (Å²) in [4.78, 5) is 48.3. The molecule has 236 valence electrons. The van der Waals surface area contributed by atoms with Gasteiger partial charge in [0.1, 0.15) is 28.6 Å². The minimum Gasteiger partial charge on any atom is -0.478 e. The van der Waals surface area contributed by atoms with Crippen molar-refractivity contribution in [2.75, 3.05) is 0 Å². The van der Waals surface area contributed by atoms with Crippen LogP contribution in [0.3, 0.4) is 0 Å². The highest BCUT2D eigenvalue weighted by atomic mass is 16.6. The first-order valence-corrected chi connectivity index (χ1v) is 14.7. The molecule has 0 aliphatic rings. The maximum atomic E-state index is 12.7. The lowest BCUT2D eigenvalue weighted by atomic mass is 9.98. The Bertz CT molecular complexity index is 2020. The molecule has 0 saturated carbocycles. The lowest BCUT2D eigenvalue weighted by Crippen LogP contribution is -2.13. The predicted molar refractivity (Wildman–Crippen MR) is 179 cm³/mol. The SMILES string of the molecule is O=C(O)c1ccccc1C(=O)c1ccccc1.O=C(OC(=O)c1ccccc1Oc1ccccc1)c1cccc(Oc2ccccc2)c1. The zero-order valence-electron chi connectivity index (χ0n) is 25.4. The Morgan fingerprint density at radius 2 is 0.896 bits per heavy atom. The molecule has 0 spiro atoms. The van der Waals surface area contributed by atoms with Crippen LogP contribution in [-0.2, 0) is 4.74 Å². The fourth-order valence-corrected chi connectivity index (χ4v) is 4.46. The van der Waals surface area contributed by atoms with E-state index in [2.05, 4.69) is 0 Å². The van der Waals surface area contributed by atoms with Gasteiger partial charge >= 0.3 is 17.9 Å². The van der Waals surface area contributed by atoms with Crippen molar-refractivity contribution in [2.45, 2.75) is 0 Å². The molecule has 0 aliphatic heterocycles. The molecular weight excluding hydrogens is 608 g/mol. The van der Waals surface area contributed by atoms with E-state index in [1.807, 2.05) is 36.4 Å². The number of hydrogen-bond donors (Lipinski definition) is 1. The average Bonchev–Trinajstić information content (AvgIpc) is 3.13. The Morgan fingerprint density at radius 3 is 1.52 bits per heavy atom. The van der Waals surface area contributed by atoms with E-state index in [0.717, 1.165) is 0 Å². The summed E-state index contributed by atoms with van der Waals surface area (Å²) in [6.45, 7) is 0. The molecule has 0 aromatic heterocycles. The normalized spacial score (nSPS) is 10.1. The minimum absolute atomic E-state index is 0.0290. The van der Waals surface area contributed by atoms with Gasteiger partial charge in [0.2, 0.25) is 0 Å². The number of ether oxygens (including phenoxy) is 3. The summed E-state index contributed by atoms with van der Waals surface area (Å²) < 4.78 is 16.6. The second-order valence-corrected chi connectivity index (χ2v) is 10.1. The molecule has 0 amide bonds. The zero-order chi connectivity index (χ0) is 33.7. The van der Waals surface area contributed by atoms with Gasteiger partial charge in [0.15, 0.2) is 5.78 Å². The first-order chi connectivity index (χ1) is 23.4. The molecule has 6 aromatic carbocycles. The number of carbonyl (C=O) groups is 4. The van der Waals surface area contributed by atoms with E-state index in [0.29, 0.717) is 28.6 Å². The Morgan fingerprint density at radius 1 is 0.417 bits per heavy atom. The van der Waals surface area contributed by atoms with Crippen molar-refractivity contribution in [2.24, 2.45) is 0 Å². The summed E-state index contributed by atoms with van der Waals surface area (Å²) in [7, 11) is 0. The van der Waals surface area contributed by atoms with Crippen LogP contribution < -0.4 is 9.47 Å². The molecule has 1 N–H and O–H groups in total. The quantitative estimate of drug-likeness (QED) is 0.0950. The van der Waals surface area contributed by atoms with Gasteiger partial charge in [0, 0.05) is 11.1 Å². The maximum absolute atomic E-state index is 12.7. The number of hydrogen-bond acceptors (Lipinski definition) is 7. The van der Waals surface area contributed by atoms with Gasteiger partial charge in [0.25, 0.3) is 0 Å². The number of rotatable bonds is 9. The number of ketones is 1. The molecule has 8 heteroatoms. The van der Waals surface area contributed by atoms with E-state index in [9.17, 15) is 19.2 Å². The minimum atomic E-state index is -1.09. The van der Waals surface area contributed by atoms with Crippen molar-refractivity contribution in [3.05, 3.63) is 192 Å². The molecule has 0 bridgehead atoms. The fraction of sp³-hybridized carbons (Fsp3) is 0. The summed E-state index contributed by atoms with van der Waals surface area (Å²) in [5, 5.41) is 9.01. The van der Waals surface area contributed by atoms with Crippen LogP contribution >= 0.6 is 0 Å². The molecule has 6 aromatic rings. The molecule has 0 atom stereocenters. The van der Waals surface area contributed by atoms with Crippen molar-refractivity contribution < 1.29 is 38.5 Å². The van der Waals surface area contributed by atoms with Crippen molar-refractivity contribution in [3.8, 4) is 23.0 Å². The standard InChI is InChI=1S/C26H18O5.C14H10O3/c27-25(19-10-9-15-22(18-19)29-20-11-3-1-4-12-20)31-26(28)23-16-7-8-17-24(23)30-21-13-5-2-6-14-21;15-13(10-6-2-1-3-7-10)11-8-4-5-9-12(11)14(16)17/h1-18H;1-9H,(H,16,17). The molecule has 0 fully saturated rings. The molecule has 0 unspecified atom stereocenters.